The van der Waals surface area contributed by atoms with Gasteiger partial charge >= 0.3 is 0 Å². The maximum Gasteiger partial charge on any atom is 0.226 e. The van der Waals surface area contributed by atoms with E-state index in [1.54, 1.807) is 16.5 Å². The zero-order valence-electron chi connectivity index (χ0n) is 11.2. The van der Waals surface area contributed by atoms with E-state index < -0.39 is 0 Å². The third kappa shape index (κ3) is 6.21. The molecule has 0 unspecified atom stereocenters. The molecule has 5 heteroatoms. The first-order valence-electron chi connectivity index (χ1n) is 6.09. The third-order valence-electron chi connectivity index (χ3n) is 2.54. The summed E-state index contributed by atoms with van der Waals surface area (Å²) in [7, 11) is 0. The molecule has 0 radical (unpaired) electrons. The number of thioether (sulfide) groups is 1. The normalized spacial score (nSPS) is 13.7. The fourth-order valence-electron chi connectivity index (χ4n) is 1.49. The van der Waals surface area contributed by atoms with E-state index in [0.29, 0.717) is 6.42 Å². The molecule has 1 amide bonds. The Morgan fingerprint density at radius 3 is 2.39 bits per heavy atom. The molecule has 0 aromatic heterocycles. The molecule has 18 heavy (non-hydrogen) atoms. The lowest BCUT2D eigenvalue weighted by Gasteiger charge is -2.19. The lowest BCUT2D eigenvalue weighted by molar-refractivity contribution is -0.125. The van der Waals surface area contributed by atoms with Crippen molar-refractivity contribution in [3.8, 4) is 0 Å². The highest BCUT2D eigenvalue weighted by Crippen LogP contribution is 2.09. The molecule has 1 heterocycles. The second-order valence-electron chi connectivity index (χ2n) is 3.60. The van der Waals surface area contributed by atoms with Gasteiger partial charge in [-0.05, 0) is 31.9 Å². The molecule has 1 fully saturated rings. The molecule has 0 N–H and O–H groups in total. The van der Waals surface area contributed by atoms with Crippen LogP contribution in [0.25, 0.3) is 0 Å². The molecule has 0 atom stereocenters. The summed E-state index contributed by atoms with van der Waals surface area (Å²) in [5.74, 6) is 0.208. The van der Waals surface area contributed by atoms with E-state index in [1.807, 2.05) is 0 Å². The Morgan fingerprint density at radius 2 is 2.11 bits per heavy atom. The zero-order chi connectivity index (χ0) is 14.0. The van der Waals surface area contributed by atoms with Crippen LogP contribution in [0, 0.1) is 0 Å². The van der Waals surface area contributed by atoms with Crippen molar-refractivity contribution < 1.29 is 4.79 Å². The topological polar surface area (TPSA) is 23.6 Å². The van der Waals surface area contributed by atoms with Gasteiger partial charge in [-0.15, -0.1) is 0 Å². The summed E-state index contributed by atoms with van der Waals surface area (Å²) in [5.41, 5.74) is 0. The number of hydrogen-bond donors (Lipinski definition) is 0. The fraction of sp³-hybridized carbons (Fsp3) is 0.538. The molecular weight excluding hydrogens is 264 g/mol. The van der Waals surface area contributed by atoms with Gasteiger partial charge in [0.1, 0.15) is 4.32 Å². The van der Waals surface area contributed by atoms with Crippen molar-refractivity contribution in [1.82, 2.24) is 9.80 Å². The highest BCUT2D eigenvalue weighted by atomic mass is 32.2. The highest BCUT2D eigenvalue weighted by molar-refractivity contribution is 8.24. The molecule has 1 saturated heterocycles. The van der Waals surface area contributed by atoms with Crippen molar-refractivity contribution in [3.05, 3.63) is 24.8 Å². The quantitative estimate of drug-likeness (QED) is 0.740. The summed E-state index contributed by atoms with van der Waals surface area (Å²) in [5, 5.41) is 1.76. The molecule has 0 spiro atoms. The van der Waals surface area contributed by atoms with Gasteiger partial charge in [-0.1, -0.05) is 37.1 Å². The Balaban J connectivity index is 0.000000327. The second kappa shape index (κ2) is 10.1. The van der Waals surface area contributed by atoms with Crippen LogP contribution in [0.1, 0.15) is 26.7 Å². The number of likely N-dealkylation sites (tertiary alicyclic amines) is 1. The van der Waals surface area contributed by atoms with Gasteiger partial charge in [0.15, 0.2) is 0 Å². The van der Waals surface area contributed by atoms with Crippen molar-refractivity contribution in [2.24, 2.45) is 0 Å². The van der Waals surface area contributed by atoms with Gasteiger partial charge in [0.25, 0.3) is 0 Å². The first kappa shape index (κ1) is 17.2. The summed E-state index contributed by atoms with van der Waals surface area (Å²) in [6.45, 7) is 14.1. The largest absolute Gasteiger partial charge is 0.358 e. The Morgan fingerprint density at radius 1 is 1.50 bits per heavy atom. The number of nitrogens with zero attached hydrogens (tertiary/aromatic N) is 2. The number of thiocarbonyl (C=S) groups is 1. The van der Waals surface area contributed by atoms with Gasteiger partial charge in [-0.3, -0.25) is 4.79 Å². The van der Waals surface area contributed by atoms with Crippen LogP contribution in [0.3, 0.4) is 0 Å². The number of hydrogen-bond acceptors (Lipinski definition) is 3. The number of carbonyl (C=O) groups excluding carboxylic acids is 1. The van der Waals surface area contributed by atoms with E-state index in [1.165, 1.54) is 11.8 Å². The Hall–Kier alpha value is -0.810. The molecule has 0 saturated carbocycles. The maximum absolute atomic E-state index is 10.7. The van der Waals surface area contributed by atoms with Crippen LogP contribution in [0.4, 0.5) is 0 Å². The lowest BCUT2D eigenvalue weighted by atomic mass is 10.4. The summed E-state index contributed by atoms with van der Waals surface area (Å²) in [4.78, 5) is 14.4. The molecule has 0 aromatic carbocycles. The van der Waals surface area contributed by atoms with Gasteiger partial charge < -0.3 is 9.80 Å². The first-order valence-corrected chi connectivity index (χ1v) is 7.37. The molecule has 1 rings (SSSR count). The average molecular weight is 286 g/mol. The summed E-state index contributed by atoms with van der Waals surface area (Å²) >= 11 is 6.60. The lowest BCUT2D eigenvalue weighted by Crippen LogP contribution is -2.26. The van der Waals surface area contributed by atoms with Crippen molar-refractivity contribution in [3.63, 3.8) is 0 Å². The molecular formula is C13H22N2OS2. The van der Waals surface area contributed by atoms with E-state index >= 15 is 0 Å². The Bertz CT molecular complexity index is 301. The van der Waals surface area contributed by atoms with Crippen LogP contribution in [-0.2, 0) is 4.79 Å². The molecule has 0 aliphatic carbocycles. The number of rotatable bonds is 4. The van der Waals surface area contributed by atoms with E-state index in [-0.39, 0.29) is 5.91 Å². The van der Waals surface area contributed by atoms with E-state index in [0.717, 1.165) is 30.4 Å². The van der Waals surface area contributed by atoms with Crippen molar-refractivity contribution in [1.29, 1.82) is 0 Å². The molecule has 1 aliphatic heterocycles. The van der Waals surface area contributed by atoms with Gasteiger partial charge in [-0.2, -0.15) is 0 Å². The minimum absolute atomic E-state index is 0.208. The molecule has 102 valence electrons. The van der Waals surface area contributed by atoms with Gasteiger partial charge in [-0.25, -0.2) is 0 Å². The van der Waals surface area contributed by atoms with Gasteiger partial charge in [0.2, 0.25) is 5.91 Å². The van der Waals surface area contributed by atoms with Crippen molar-refractivity contribution in [2.75, 3.05) is 19.6 Å². The Kier molecular flexibility index (Phi) is 9.69. The van der Waals surface area contributed by atoms with Crippen LogP contribution in [-0.4, -0.2) is 39.7 Å². The SMILES string of the molecule is C=CN1CCCC1=O.C=CSC(=S)N(CC)CC. The standard InChI is InChI=1S/C7H13NS2.C6H9NO/c1-4-8(5-2)7(9)10-6-3;1-2-7-5-3-4-6(7)8/h6H,3-5H2,1-2H3;2H,1,3-5H2. The van der Waals surface area contributed by atoms with Crippen LogP contribution >= 0.6 is 24.0 Å². The van der Waals surface area contributed by atoms with Gasteiger partial charge in [0.05, 0.1) is 0 Å². The monoisotopic (exact) mass is 286 g/mol. The minimum Gasteiger partial charge on any atom is -0.358 e. The maximum atomic E-state index is 10.7. The average Bonchev–Trinajstić information content (AvgIpc) is 2.77. The summed E-state index contributed by atoms with van der Waals surface area (Å²) in [6.07, 6.45) is 3.28. The third-order valence-corrected chi connectivity index (χ3v) is 3.71. The molecule has 0 bridgehead atoms. The number of amides is 1. The summed E-state index contributed by atoms with van der Waals surface area (Å²) < 4.78 is 0.917. The van der Waals surface area contributed by atoms with Gasteiger partial charge in [0, 0.05) is 26.1 Å². The number of carbonyl (C=O) groups is 1. The summed E-state index contributed by atoms with van der Waals surface area (Å²) in [6, 6.07) is 0. The molecule has 1 aliphatic rings. The van der Waals surface area contributed by atoms with Crippen molar-refractivity contribution in [2.45, 2.75) is 26.7 Å². The fourth-order valence-corrected chi connectivity index (χ4v) is 2.50. The highest BCUT2D eigenvalue weighted by Gasteiger charge is 2.15. The Labute approximate surface area is 120 Å². The van der Waals surface area contributed by atoms with E-state index in [9.17, 15) is 4.79 Å². The van der Waals surface area contributed by atoms with Crippen LogP contribution in [0.5, 0.6) is 0 Å². The predicted molar refractivity (Wildman–Crippen MR) is 84.5 cm³/mol. The van der Waals surface area contributed by atoms with Crippen molar-refractivity contribution >= 4 is 34.2 Å². The minimum atomic E-state index is 0.208. The predicted octanol–water partition coefficient (Wildman–Crippen LogP) is 3.24. The van der Waals surface area contributed by atoms with E-state index in [4.69, 9.17) is 12.2 Å². The van der Waals surface area contributed by atoms with Crippen LogP contribution < -0.4 is 0 Å². The van der Waals surface area contributed by atoms with E-state index in [2.05, 4.69) is 31.9 Å². The molecule has 0 aromatic rings. The van der Waals surface area contributed by atoms with Crippen LogP contribution in [0.2, 0.25) is 0 Å². The molecule has 3 nitrogen and oxygen atoms in total. The smallest absolute Gasteiger partial charge is 0.226 e. The second-order valence-corrected chi connectivity index (χ2v) is 5.20. The van der Waals surface area contributed by atoms with Crippen LogP contribution in [0.15, 0.2) is 24.8 Å². The first-order chi connectivity index (χ1) is 8.60. The zero-order valence-corrected chi connectivity index (χ0v) is 12.9.